The van der Waals surface area contributed by atoms with E-state index in [0.29, 0.717) is 24.3 Å². The summed E-state index contributed by atoms with van der Waals surface area (Å²) in [7, 11) is 0. The standard InChI is InChI=1S/C24H18BrF10NO2/c1-12(21(38)36-11-22(27,28)29)6-20(37)17-4-2-13(7-19(17)24(33,34)35)3-5-18(23(30,31)32)14-8-15(25)10-16(26)9-14/h2-5,7-10,12,18H,6,11H2,1H3,(H,36,38)/b5-3+/t12-,18?/m0/s1. The lowest BCUT2D eigenvalue weighted by atomic mass is 9.93. The molecule has 208 valence electrons. The Balaban J connectivity index is 2.35. The van der Waals surface area contributed by atoms with Gasteiger partial charge in [0.15, 0.2) is 5.78 Å². The molecule has 1 N–H and O–H groups in total. The van der Waals surface area contributed by atoms with Crippen LogP contribution in [-0.2, 0) is 11.0 Å². The van der Waals surface area contributed by atoms with Gasteiger partial charge in [0.1, 0.15) is 12.4 Å². The van der Waals surface area contributed by atoms with Crippen molar-refractivity contribution in [3.8, 4) is 0 Å². The minimum Gasteiger partial charge on any atom is -0.347 e. The first-order chi connectivity index (χ1) is 17.3. The number of allylic oxidation sites excluding steroid dienone is 1. The second-order valence-corrected chi connectivity index (χ2v) is 9.16. The third-order valence-electron chi connectivity index (χ3n) is 5.13. The van der Waals surface area contributed by atoms with Crippen molar-refractivity contribution in [2.24, 2.45) is 5.92 Å². The highest BCUT2D eigenvalue weighted by molar-refractivity contribution is 9.10. The molecule has 0 saturated heterocycles. The highest BCUT2D eigenvalue weighted by Gasteiger charge is 2.40. The van der Waals surface area contributed by atoms with Gasteiger partial charge in [-0.3, -0.25) is 9.59 Å². The molecule has 0 radical (unpaired) electrons. The zero-order chi connectivity index (χ0) is 29.1. The van der Waals surface area contributed by atoms with Crippen molar-refractivity contribution in [2.75, 3.05) is 6.54 Å². The molecule has 0 aliphatic carbocycles. The summed E-state index contributed by atoms with van der Waals surface area (Å²) in [6, 6.07) is 4.61. The van der Waals surface area contributed by atoms with E-state index in [-0.39, 0.29) is 10.0 Å². The topological polar surface area (TPSA) is 46.2 Å². The molecule has 2 atom stereocenters. The van der Waals surface area contributed by atoms with Gasteiger partial charge < -0.3 is 5.32 Å². The Labute approximate surface area is 218 Å². The maximum absolute atomic E-state index is 13.7. The number of hydrogen-bond acceptors (Lipinski definition) is 2. The van der Waals surface area contributed by atoms with Gasteiger partial charge in [-0.15, -0.1) is 0 Å². The smallest absolute Gasteiger partial charge is 0.347 e. The molecule has 14 heteroatoms. The monoisotopic (exact) mass is 621 g/mol. The van der Waals surface area contributed by atoms with Crippen molar-refractivity contribution in [2.45, 2.75) is 37.8 Å². The highest BCUT2D eigenvalue weighted by atomic mass is 79.9. The van der Waals surface area contributed by atoms with Crippen LogP contribution in [0.4, 0.5) is 43.9 Å². The minimum absolute atomic E-state index is 0.0127. The van der Waals surface area contributed by atoms with Crippen molar-refractivity contribution >= 4 is 33.7 Å². The lowest BCUT2D eigenvalue weighted by molar-refractivity contribution is -0.140. The Morgan fingerprint density at radius 3 is 2.13 bits per heavy atom. The summed E-state index contributed by atoms with van der Waals surface area (Å²) in [4.78, 5) is 24.2. The number of benzene rings is 2. The van der Waals surface area contributed by atoms with E-state index in [1.807, 2.05) is 0 Å². The van der Waals surface area contributed by atoms with Gasteiger partial charge in [-0.25, -0.2) is 4.39 Å². The van der Waals surface area contributed by atoms with Crippen LogP contribution in [0.15, 0.2) is 46.9 Å². The summed E-state index contributed by atoms with van der Waals surface area (Å²) in [6.07, 6.45) is -14.4. The minimum atomic E-state index is -5.13. The van der Waals surface area contributed by atoms with Crippen LogP contribution in [-0.4, -0.2) is 30.6 Å². The Morgan fingerprint density at radius 1 is 0.974 bits per heavy atom. The average molecular weight is 622 g/mol. The van der Waals surface area contributed by atoms with Gasteiger partial charge in [0.25, 0.3) is 0 Å². The normalized spacial score (nSPS) is 14.4. The molecule has 0 aliphatic heterocycles. The van der Waals surface area contributed by atoms with Gasteiger partial charge in [0, 0.05) is 22.4 Å². The van der Waals surface area contributed by atoms with Gasteiger partial charge in [0.05, 0.1) is 11.5 Å². The molecule has 0 heterocycles. The first-order valence-corrected chi connectivity index (χ1v) is 11.4. The molecule has 0 fully saturated rings. The first-order valence-electron chi connectivity index (χ1n) is 10.6. The molecule has 3 nitrogen and oxygen atoms in total. The molecule has 2 rings (SSSR count). The van der Waals surface area contributed by atoms with Crippen LogP contribution >= 0.6 is 15.9 Å². The lowest BCUT2D eigenvalue weighted by Crippen LogP contribution is -2.37. The number of ketones is 1. The van der Waals surface area contributed by atoms with E-state index in [1.54, 1.807) is 0 Å². The van der Waals surface area contributed by atoms with E-state index in [1.165, 1.54) is 5.32 Å². The van der Waals surface area contributed by atoms with Crippen LogP contribution in [0, 0.1) is 11.7 Å². The third-order valence-corrected chi connectivity index (χ3v) is 5.59. The van der Waals surface area contributed by atoms with Crippen LogP contribution in [0.1, 0.15) is 46.3 Å². The quantitative estimate of drug-likeness (QED) is 0.241. The van der Waals surface area contributed by atoms with E-state index < -0.39 is 77.5 Å². The van der Waals surface area contributed by atoms with Crippen molar-refractivity contribution in [1.82, 2.24) is 5.32 Å². The van der Waals surface area contributed by atoms with Gasteiger partial charge in [-0.2, -0.15) is 39.5 Å². The second kappa shape index (κ2) is 11.9. The van der Waals surface area contributed by atoms with Gasteiger partial charge >= 0.3 is 18.5 Å². The maximum atomic E-state index is 13.7. The van der Waals surface area contributed by atoms with E-state index in [0.717, 1.165) is 31.2 Å². The number of amides is 1. The average Bonchev–Trinajstić information content (AvgIpc) is 2.74. The molecule has 0 aliphatic rings. The van der Waals surface area contributed by atoms with E-state index in [4.69, 9.17) is 0 Å². The van der Waals surface area contributed by atoms with E-state index >= 15 is 0 Å². The van der Waals surface area contributed by atoms with Crippen molar-refractivity contribution in [3.05, 3.63) is 75.0 Å². The molecule has 38 heavy (non-hydrogen) atoms. The summed E-state index contributed by atoms with van der Waals surface area (Å²) in [6.45, 7) is -0.638. The van der Waals surface area contributed by atoms with Gasteiger partial charge in [0.2, 0.25) is 5.91 Å². The van der Waals surface area contributed by atoms with Crippen LogP contribution in [0.5, 0.6) is 0 Å². The lowest BCUT2D eigenvalue weighted by Gasteiger charge is -2.18. The zero-order valence-corrected chi connectivity index (χ0v) is 20.7. The highest BCUT2D eigenvalue weighted by Crippen LogP contribution is 2.38. The first kappa shape index (κ1) is 31.3. The molecular weight excluding hydrogens is 604 g/mol. The Hall–Kier alpha value is -2.90. The van der Waals surface area contributed by atoms with Crippen molar-refractivity contribution < 1.29 is 53.5 Å². The van der Waals surface area contributed by atoms with Crippen LogP contribution in [0.25, 0.3) is 6.08 Å². The van der Waals surface area contributed by atoms with Crippen LogP contribution in [0.3, 0.4) is 0 Å². The fraction of sp³-hybridized carbons (Fsp3) is 0.333. The summed E-state index contributed by atoms with van der Waals surface area (Å²) in [5, 5.41) is 1.53. The molecule has 2 aromatic carbocycles. The number of hydrogen-bond donors (Lipinski definition) is 1. The molecule has 0 saturated carbocycles. The van der Waals surface area contributed by atoms with Crippen molar-refractivity contribution in [1.29, 1.82) is 0 Å². The number of rotatable bonds is 8. The molecule has 0 spiro atoms. The Bertz CT molecular complexity index is 1180. The van der Waals surface area contributed by atoms with Crippen molar-refractivity contribution in [3.63, 3.8) is 0 Å². The third kappa shape index (κ3) is 9.14. The Kier molecular flexibility index (Phi) is 9.78. The molecular formula is C24H18BrF10NO2. The number of halogens is 11. The van der Waals surface area contributed by atoms with Gasteiger partial charge in [-0.1, -0.05) is 47.1 Å². The fourth-order valence-electron chi connectivity index (χ4n) is 3.36. The summed E-state index contributed by atoms with van der Waals surface area (Å²) >= 11 is 2.88. The van der Waals surface area contributed by atoms with Crippen LogP contribution in [0.2, 0.25) is 0 Å². The number of carbonyl (C=O) groups is 2. The largest absolute Gasteiger partial charge is 0.417 e. The Morgan fingerprint density at radius 2 is 1.61 bits per heavy atom. The summed E-state index contributed by atoms with van der Waals surface area (Å²) < 4.78 is 132. The summed E-state index contributed by atoms with van der Waals surface area (Å²) in [5.41, 5.74) is -3.30. The second-order valence-electron chi connectivity index (χ2n) is 8.25. The van der Waals surface area contributed by atoms with E-state index in [2.05, 4.69) is 15.9 Å². The number of alkyl halides is 9. The molecule has 1 unspecified atom stereocenters. The summed E-state index contributed by atoms with van der Waals surface area (Å²) in [5.74, 6) is -7.16. The number of Topliss-reactive ketones (excluding diaryl/α,β-unsaturated/α-hetero) is 1. The maximum Gasteiger partial charge on any atom is 0.417 e. The zero-order valence-electron chi connectivity index (χ0n) is 19.2. The predicted octanol–water partition coefficient (Wildman–Crippen LogP) is 7.85. The SMILES string of the molecule is C[C@@H](CC(=O)c1ccc(/C=C/C(c2cc(F)cc(Br)c2)C(F)(F)F)cc1C(F)(F)F)C(=O)NCC(F)(F)F. The fourth-order valence-corrected chi connectivity index (χ4v) is 3.84. The number of carbonyl (C=O) groups excluding carboxylic acids is 2. The molecule has 0 bridgehead atoms. The molecule has 2 aromatic rings. The predicted molar refractivity (Wildman–Crippen MR) is 121 cm³/mol. The molecule has 0 aromatic heterocycles. The van der Waals surface area contributed by atoms with E-state index in [9.17, 15) is 53.5 Å². The van der Waals surface area contributed by atoms with Crippen LogP contribution < -0.4 is 5.32 Å². The molecule has 1 amide bonds. The number of nitrogens with one attached hydrogen (secondary N) is 1. The van der Waals surface area contributed by atoms with Gasteiger partial charge in [-0.05, 0) is 35.4 Å².